The maximum Gasteiger partial charge on any atom is 0.142 e. The van der Waals surface area contributed by atoms with Crippen molar-refractivity contribution in [1.29, 1.82) is 0 Å². The number of ether oxygens (including phenoxy) is 1. The molecule has 20 heavy (non-hydrogen) atoms. The number of halogens is 3. The summed E-state index contributed by atoms with van der Waals surface area (Å²) in [5.41, 5.74) is 0.821. The van der Waals surface area contributed by atoms with E-state index in [2.05, 4.69) is 16.8 Å². The first-order valence-corrected chi connectivity index (χ1v) is 6.29. The van der Waals surface area contributed by atoms with Gasteiger partial charge in [-0.3, -0.25) is 4.98 Å². The van der Waals surface area contributed by atoms with Crippen molar-refractivity contribution in [3.8, 4) is 17.6 Å². The van der Waals surface area contributed by atoms with E-state index in [4.69, 9.17) is 16.3 Å². The summed E-state index contributed by atoms with van der Waals surface area (Å²) in [5, 5.41) is 0. The zero-order valence-corrected chi connectivity index (χ0v) is 11.1. The number of rotatable bonds is 3. The molecule has 0 saturated carbocycles. The van der Waals surface area contributed by atoms with Gasteiger partial charge in [0.2, 0.25) is 0 Å². The Labute approximate surface area is 120 Å². The van der Waals surface area contributed by atoms with Crippen LogP contribution in [0.3, 0.4) is 0 Å². The van der Waals surface area contributed by atoms with E-state index in [1.165, 1.54) is 24.4 Å². The van der Waals surface area contributed by atoms with Crippen molar-refractivity contribution in [2.45, 2.75) is 6.61 Å². The van der Waals surface area contributed by atoms with E-state index in [1.54, 1.807) is 6.07 Å². The molecule has 102 valence electrons. The van der Waals surface area contributed by atoms with E-state index in [-0.39, 0.29) is 18.1 Å². The molecule has 5 heteroatoms. The first-order chi connectivity index (χ1) is 9.69. The maximum absolute atomic E-state index is 13.7. The highest BCUT2D eigenvalue weighted by atomic mass is 35.5. The number of pyridine rings is 1. The van der Waals surface area contributed by atoms with Crippen LogP contribution in [0.15, 0.2) is 36.7 Å². The van der Waals surface area contributed by atoms with Crippen molar-refractivity contribution in [2.24, 2.45) is 0 Å². The highest BCUT2D eigenvalue weighted by molar-refractivity contribution is 6.19. The maximum atomic E-state index is 13.7. The fourth-order valence-electron chi connectivity index (χ4n) is 1.52. The third-order valence-corrected chi connectivity index (χ3v) is 2.53. The van der Waals surface area contributed by atoms with Crippen molar-refractivity contribution in [3.63, 3.8) is 0 Å². The predicted octanol–water partition coefficient (Wildman–Crippen LogP) is 3.53. The summed E-state index contributed by atoms with van der Waals surface area (Å²) in [6.07, 6.45) is 2.59. The first kappa shape index (κ1) is 14.3. The van der Waals surface area contributed by atoms with Crippen LogP contribution in [0.5, 0.6) is 5.75 Å². The molecule has 0 bridgehead atoms. The Morgan fingerprint density at radius 1 is 1.20 bits per heavy atom. The van der Waals surface area contributed by atoms with Crippen molar-refractivity contribution in [1.82, 2.24) is 4.98 Å². The molecular formula is C15H10ClF2NO. The summed E-state index contributed by atoms with van der Waals surface area (Å²) in [4.78, 5) is 3.70. The molecule has 0 amide bonds. The van der Waals surface area contributed by atoms with Gasteiger partial charge in [0, 0.05) is 17.8 Å². The quantitative estimate of drug-likeness (QED) is 0.638. The second-order valence-corrected chi connectivity index (χ2v) is 4.14. The Morgan fingerprint density at radius 3 is 2.75 bits per heavy atom. The van der Waals surface area contributed by atoms with Gasteiger partial charge in [0.05, 0.1) is 17.6 Å². The SMILES string of the molecule is Fc1cncc(COc2ccc(C#CCCl)c(F)c2)c1. The van der Waals surface area contributed by atoms with Crippen LogP contribution < -0.4 is 4.74 Å². The van der Waals surface area contributed by atoms with Crippen LogP contribution in [0.2, 0.25) is 0 Å². The molecule has 0 fully saturated rings. The molecule has 0 unspecified atom stereocenters. The molecular weight excluding hydrogens is 284 g/mol. The van der Waals surface area contributed by atoms with E-state index in [1.807, 2.05) is 0 Å². The van der Waals surface area contributed by atoms with E-state index in [9.17, 15) is 8.78 Å². The molecule has 1 heterocycles. The van der Waals surface area contributed by atoms with Gasteiger partial charge in [-0.25, -0.2) is 8.78 Å². The number of aromatic nitrogens is 1. The lowest BCUT2D eigenvalue weighted by molar-refractivity contribution is 0.303. The Morgan fingerprint density at radius 2 is 2.05 bits per heavy atom. The van der Waals surface area contributed by atoms with Crippen LogP contribution >= 0.6 is 11.6 Å². The van der Waals surface area contributed by atoms with Crippen LogP contribution in [0.25, 0.3) is 0 Å². The molecule has 2 nitrogen and oxygen atoms in total. The summed E-state index contributed by atoms with van der Waals surface area (Å²) < 4.78 is 32.0. The number of benzene rings is 1. The van der Waals surface area contributed by atoms with Gasteiger partial charge >= 0.3 is 0 Å². The molecule has 2 aromatic rings. The van der Waals surface area contributed by atoms with Gasteiger partial charge in [-0.2, -0.15) is 0 Å². The lowest BCUT2D eigenvalue weighted by atomic mass is 10.2. The molecule has 0 atom stereocenters. The molecule has 0 spiro atoms. The number of hydrogen-bond donors (Lipinski definition) is 0. The summed E-state index contributed by atoms with van der Waals surface area (Å²) in [5.74, 6) is 4.72. The van der Waals surface area contributed by atoms with Gasteiger partial charge in [0.25, 0.3) is 0 Å². The Kier molecular flexibility index (Phi) is 4.91. The zero-order chi connectivity index (χ0) is 14.4. The highest BCUT2D eigenvalue weighted by Gasteiger charge is 2.03. The average molecular weight is 294 g/mol. The van der Waals surface area contributed by atoms with Crippen LogP contribution in [0, 0.1) is 23.5 Å². The third-order valence-electron chi connectivity index (χ3n) is 2.40. The minimum Gasteiger partial charge on any atom is -0.489 e. The number of hydrogen-bond acceptors (Lipinski definition) is 2. The first-order valence-electron chi connectivity index (χ1n) is 5.75. The standard InChI is InChI=1S/C15H10ClF2NO/c16-5-1-2-12-3-4-14(7-15(12)18)20-10-11-6-13(17)9-19-8-11/h3-4,6-9H,5,10H2. The van der Waals surface area contributed by atoms with E-state index in [0.29, 0.717) is 11.3 Å². The molecule has 0 radical (unpaired) electrons. The van der Waals surface area contributed by atoms with Crippen molar-refractivity contribution in [2.75, 3.05) is 5.88 Å². The molecule has 0 aliphatic heterocycles. The van der Waals surface area contributed by atoms with Crippen molar-refractivity contribution < 1.29 is 13.5 Å². The lowest BCUT2D eigenvalue weighted by Crippen LogP contribution is -1.97. The second kappa shape index (κ2) is 6.88. The predicted molar refractivity (Wildman–Crippen MR) is 72.5 cm³/mol. The summed E-state index contributed by atoms with van der Waals surface area (Å²) in [6.45, 7) is 0.108. The van der Waals surface area contributed by atoms with E-state index in [0.717, 1.165) is 6.20 Å². The molecule has 2 rings (SSSR count). The van der Waals surface area contributed by atoms with Gasteiger partial charge < -0.3 is 4.74 Å². The molecule has 1 aromatic heterocycles. The minimum atomic E-state index is -0.488. The highest BCUT2D eigenvalue weighted by Crippen LogP contribution is 2.17. The molecule has 1 aromatic carbocycles. The van der Waals surface area contributed by atoms with Gasteiger partial charge in [-0.05, 0) is 18.2 Å². The van der Waals surface area contributed by atoms with Gasteiger partial charge in [-0.1, -0.05) is 11.8 Å². The summed E-state index contributed by atoms with van der Waals surface area (Å²) >= 11 is 5.41. The van der Waals surface area contributed by atoms with Gasteiger partial charge in [0.15, 0.2) is 0 Å². The molecule has 0 aliphatic rings. The number of alkyl halides is 1. The second-order valence-electron chi connectivity index (χ2n) is 3.88. The van der Waals surface area contributed by atoms with Crippen molar-refractivity contribution in [3.05, 3.63) is 59.4 Å². The lowest BCUT2D eigenvalue weighted by Gasteiger charge is -2.06. The van der Waals surface area contributed by atoms with Crippen LogP contribution in [-0.2, 0) is 6.61 Å². The van der Waals surface area contributed by atoms with Crippen LogP contribution in [0.4, 0.5) is 8.78 Å². The molecule has 0 saturated heterocycles. The van der Waals surface area contributed by atoms with Crippen LogP contribution in [-0.4, -0.2) is 10.9 Å². The average Bonchev–Trinajstić information content (AvgIpc) is 2.44. The van der Waals surface area contributed by atoms with Gasteiger partial charge in [-0.15, -0.1) is 11.6 Å². The van der Waals surface area contributed by atoms with E-state index >= 15 is 0 Å². The van der Waals surface area contributed by atoms with Crippen molar-refractivity contribution >= 4 is 11.6 Å². The fraction of sp³-hybridized carbons (Fsp3) is 0.133. The van der Waals surface area contributed by atoms with Crippen LogP contribution in [0.1, 0.15) is 11.1 Å². The topological polar surface area (TPSA) is 22.1 Å². The summed E-state index contributed by atoms with van der Waals surface area (Å²) in [7, 11) is 0. The summed E-state index contributed by atoms with van der Waals surface area (Å²) in [6, 6.07) is 5.64. The normalized spacial score (nSPS) is 9.75. The minimum absolute atomic E-state index is 0.108. The van der Waals surface area contributed by atoms with Gasteiger partial charge in [0.1, 0.15) is 24.0 Å². The number of nitrogens with zero attached hydrogens (tertiary/aromatic N) is 1. The smallest absolute Gasteiger partial charge is 0.142 e. The largest absolute Gasteiger partial charge is 0.489 e. The molecule has 0 N–H and O–H groups in total. The Bertz CT molecular complexity index is 664. The third kappa shape index (κ3) is 3.94. The Hall–Kier alpha value is -2.12. The van der Waals surface area contributed by atoms with E-state index < -0.39 is 11.6 Å². The zero-order valence-electron chi connectivity index (χ0n) is 10.4. The fourth-order valence-corrected chi connectivity index (χ4v) is 1.58. The molecule has 0 aliphatic carbocycles. The Balaban J connectivity index is 2.05. The monoisotopic (exact) mass is 293 g/mol.